The average Bonchev–Trinajstić information content (AvgIpc) is 3.26. The second-order valence-electron chi connectivity index (χ2n) is 9.00. The lowest BCUT2D eigenvalue weighted by Crippen LogP contribution is -2.36. The van der Waals surface area contributed by atoms with Crippen LogP contribution in [0.25, 0.3) is 11.0 Å². The topological polar surface area (TPSA) is 47.4 Å². The maximum atomic E-state index is 13.7. The minimum absolute atomic E-state index is 0.134. The number of carbonyl (C=O) groups excluding carboxylic acids is 1. The van der Waals surface area contributed by atoms with E-state index in [0.717, 1.165) is 61.3 Å². The first kappa shape index (κ1) is 20.1. The highest BCUT2D eigenvalue weighted by molar-refractivity contribution is 5.79. The molecule has 5 rings (SSSR count). The van der Waals surface area contributed by atoms with Gasteiger partial charge in [-0.25, -0.2) is 4.98 Å². The third-order valence-corrected chi connectivity index (χ3v) is 6.86. The Balaban J connectivity index is 1.44. The summed E-state index contributed by atoms with van der Waals surface area (Å²) in [6.45, 7) is 1.91. The van der Waals surface area contributed by atoms with Crippen LogP contribution in [0.1, 0.15) is 55.5 Å². The highest BCUT2D eigenvalue weighted by Crippen LogP contribution is 2.29. The molecule has 5 nitrogen and oxygen atoms in total. The van der Waals surface area contributed by atoms with Crippen molar-refractivity contribution >= 4 is 16.9 Å². The van der Waals surface area contributed by atoms with Crippen LogP contribution in [0.2, 0.25) is 0 Å². The second-order valence-corrected chi connectivity index (χ2v) is 9.00. The molecule has 0 saturated heterocycles. The van der Waals surface area contributed by atoms with Crippen LogP contribution < -0.4 is 4.74 Å². The molecule has 0 bridgehead atoms. The fraction of sp³-hybridized carbons (Fsp3) is 0.462. The van der Waals surface area contributed by atoms with E-state index in [2.05, 4.69) is 28.8 Å². The zero-order valence-electron chi connectivity index (χ0n) is 18.3. The van der Waals surface area contributed by atoms with Gasteiger partial charge >= 0.3 is 0 Å². The van der Waals surface area contributed by atoms with E-state index in [1.54, 1.807) is 0 Å². The SMILES string of the molecule is Cn1c(CN(Cc2ccc3c(c2)CCO3)C(=O)C2CCCCCC2)nc2ccccc21. The van der Waals surface area contributed by atoms with E-state index >= 15 is 0 Å². The first-order valence-electron chi connectivity index (χ1n) is 11.6. The third kappa shape index (κ3) is 4.18. The lowest BCUT2D eigenvalue weighted by Gasteiger charge is -2.27. The van der Waals surface area contributed by atoms with E-state index in [1.165, 1.54) is 24.0 Å². The predicted molar refractivity (Wildman–Crippen MR) is 122 cm³/mol. The summed E-state index contributed by atoms with van der Waals surface area (Å²) in [4.78, 5) is 20.6. The smallest absolute Gasteiger partial charge is 0.226 e. The minimum atomic E-state index is 0.134. The molecule has 0 atom stereocenters. The summed E-state index contributed by atoms with van der Waals surface area (Å²) >= 11 is 0. The van der Waals surface area contributed by atoms with Crippen molar-refractivity contribution in [1.29, 1.82) is 0 Å². The van der Waals surface area contributed by atoms with Crippen LogP contribution in [0.15, 0.2) is 42.5 Å². The van der Waals surface area contributed by atoms with Gasteiger partial charge in [0.1, 0.15) is 11.6 Å². The van der Waals surface area contributed by atoms with Crippen LogP contribution in [-0.2, 0) is 31.4 Å². The molecule has 1 saturated carbocycles. The Morgan fingerprint density at radius 2 is 1.90 bits per heavy atom. The zero-order valence-corrected chi connectivity index (χ0v) is 18.3. The van der Waals surface area contributed by atoms with Crippen LogP contribution in [0, 0.1) is 5.92 Å². The molecule has 162 valence electrons. The summed E-state index contributed by atoms with van der Waals surface area (Å²) in [5, 5.41) is 0. The Morgan fingerprint density at radius 1 is 1.10 bits per heavy atom. The maximum Gasteiger partial charge on any atom is 0.226 e. The van der Waals surface area contributed by atoms with Crippen molar-refractivity contribution in [2.45, 2.75) is 58.0 Å². The zero-order chi connectivity index (χ0) is 21.2. The molecule has 2 heterocycles. The maximum absolute atomic E-state index is 13.7. The normalized spacial score (nSPS) is 16.7. The number of aromatic nitrogens is 2. The molecule has 2 aromatic carbocycles. The van der Waals surface area contributed by atoms with Gasteiger partial charge in [0, 0.05) is 25.9 Å². The number of nitrogens with zero attached hydrogens (tertiary/aromatic N) is 3. The Bertz CT molecular complexity index is 1080. The molecule has 3 aromatic rings. The molecule has 31 heavy (non-hydrogen) atoms. The van der Waals surface area contributed by atoms with Crippen LogP contribution >= 0.6 is 0 Å². The van der Waals surface area contributed by atoms with Crippen LogP contribution in [0.5, 0.6) is 5.75 Å². The Hall–Kier alpha value is -2.82. The summed E-state index contributed by atoms with van der Waals surface area (Å²) in [5.74, 6) is 2.34. The Kier molecular flexibility index (Phi) is 5.66. The number of amides is 1. The molecule has 2 aliphatic rings. The molecule has 1 fully saturated rings. The number of carbonyl (C=O) groups is 1. The number of aryl methyl sites for hydroxylation is 1. The quantitative estimate of drug-likeness (QED) is 0.549. The average molecular weight is 418 g/mol. The summed E-state index contributed by atoms with van der Waals surface area (Å²) < 4.78 is 7.79. The summed E-state index contributed by atoms with van der Waals surface area (Å²) in [7, 11) is 2.05. The second kappa shape index (κ2) is 8.74. The van der Waals surface area contributed by atoms with E-state index in [-0.39, 0.29) is 11.8 Å². The molecular weight excluding hydrogens is 386 g/mol. The predicted octanol–water partition coefficient (Wildman–Crippen LogP) is 5.01. The van der Waals surface area contributed by atoms with Gasteiger partial charge in [0.15, 0.2) is 0 Å². The van der Waals surface area contributed by atoms with Crippen molar-refractivity contribution in [3.05, 3.63) is 59.4 Å². The fourth-order valence-electron chi connectivity index (χ4n) is 5.06. The Labute approximate surface area is 184 Å². The highest BCUT2D eigenvalue weighted by Gasteiger charge is 2.27. The lowest BCUT2D eigenvalue weighted by atomic mass is 9.98. The van der Waals surface area contributed by atoms with Crippen molar-refractivity contribution in [2.24, 2.45) is 13.0 Å². The van der Waals surface area contributed by atoms with Crippen molar-refractivity contribution < 1.29 is 9.53 Å². The molecule has 0 radical (unpaired) electrons. The molecule has 1 aliphatic carbocycles. The molecule has 5 heteroatoms. The number of benzene rings is 2. The summed E-state index contributed by atoms with van der Waals surface area (Å²) in [6.07, 6.45) is 7.79. The molecular formula is C26H31N3O2. The molecule has 0 spiro atoms. The highest BCUT2D eigenvalue weighted by atomic mass is 16.5. The van der Waals surface area contributed by atoms with E-state index in [0.29, 0.717) is 13.1 Å². The van der Waals surface area contributed by atoms with E-state index in [9.17, 15) is 4.79 Å². The minimum Gasteiger partial charge on any atom is -0.493 e. The van der Waals surface area contributed by atoms with Gasteiger partial charge in [-0.3, -0.25) is 4.79 Å². The number of hydrogen-bond donors (Lipinski definition) is 0. The van der Waals surface area contributed by atoms with Crippen molar-refractivity contribution in [2.75, 3.05) is 6.61 Å². The molecule has 0 unspecified atom stereocenters. The lowest BCUT2D eigenvalue weighted by molar-refractivity contribution is -0.137. The molecule has 0 N–H and O–H groups in total. The van der Waals surface area contributed by atoms with Gasteiger partial charge in [-0.05, 0) is 42.2 Å². The van der Waals surface area contributed by atoms with Crippen molar-refractivity contribution in [3.63, 3.8) is 0 Å². The number of ether oxygens (including phenoxy) is 1. The third-order valence-electron chi connectivity index (χ3n) is 6.86. The van der Waals surface area contributed by atoms with E-state index in [4.69, 9.17) is 9.72 Å². The summed E-state index contributed by atoms with van der Waals surface area (Å²) in [6, 6.07) is 14.5. The van der Waals surface area contributed by atoms with E-state index < -0.39 is 0 Å². The van der Waals surface area contributed by atoms with Crippen LogP contribution in [0.4, 0.5) is 0 Å². The number of imidazole rings is 1. The van der Waals surface area contributed by atoms with Crippen LogP contribution in [-0.4, -0.2) is 27.0 Å². The van der Waals surface area contributed by atoms with Crippen LogP contribution in [0.3, 0.4) is 0 Å². The van der Waals surface area contributed by atoms with Gasteiger partial charge < -0.3 is 14.2 Å². The van der Waals surface area contributed by atoms with Gasteiger partial charge in [-0.1, -0.05) is 49.9 Å². The monoisotopic (exact) mass is 417 g/mol. The first-order valence-corrected chi connectivity index (χ1v) is 11.6. The van der Waals surface area contributed by atoms with Gasteiger partial charge in [0.2, 0.25) is 5.91 Å². The van der Waals surface area contributed by atoms with Gasteiger partial charge in [-0.2, -0.15) is 0 Å². The molecule has 1 aliphatic heterocycles. The molecule has 1 amide bonds. The van der Waals surface area contributed by atoms with Gasteiger partial charge in [-0.15, -0.1) is 0 Å². The molecule has 1 aromatic heterocycles. The van der Waals surface area contributed by atoms with Gasteiger partial charge in [0.05, 0.1) is 24.2 Å². The van der Waals surface area contributed by atoms with Gasteiger partial charge in [0.25, 0.3) is 0 Å². The Morgan fingerprint density at radius 3 is 2.71 bits per heavy atom. The fourth-order valence-corrected chi connectivity index (χ4v) is 5.06. The number of fused-ring (bicyclic) bond motifs is 2. The number of para-hydroxylation sites is 2. The van der Waals surface area contributed by atoms with Crippen molar-refractivity contribution in [1.82, 2.24) is 14.5 Å². The van der Waals surface area contributed by atoms with E-state index in [1.807, 2.05) is 30.1 Å². The first-order chi connectivity index (χ1) is 15.2. The summed E-state index contributed by atoms with van der Waals surface area (Å²) in [5.41, 5.74) is 4.51. The van der Waals surface area contributed by atoms with Crippen molar-refractivity contribution in [3.8, 4) is 5.75 Å². The number of rotatable bonds is 5. The number of hydrogen-bond acceptors (Lipinski definition) is 3. The largest absolute Gasteiger partial charge is 0.493 e. The standard InChI is InChI=1S/C26H31N3O2/c1-28-23-11-7-6-10-22(23)27-25(28)18-29(26(30)20-8-4-2-3-5-9-20)17-19-12-13-24-21(16-19)14-15-31-24/h6-7,10-13,16,20H,2-5,8-9,14-15,17-18H2,1H3.